The first-order valence-corrected chi connectivity index (χ1v) is 7.96. The van der Waals surface area contributed by atoms with Gasteiger partial charge in [0, 0.05) is 18.9 Å². The van der Waals surface area contributed by atoms with Crippen LogP contribution in [0.2, 0.25) is 0 Å². The van der Waals surface area contributed by atoms with Crippen LogP contribution in [0.4, 0.5) is 4.79 Å². The van der Waals surface area contributed by atoms with Gasteiger partial charge >= 0.3 is 12.1 Å². The third-order valence-corrected chi connectivity index (χ3v) is 3.74. The number of ether oxygens (including phenoxy) is 2. The largest absolute Gasteiger partial charge is 0.469 e. The molecule has 8 nitrogen and oxygen atoms in total. The summed E-state index contributed by atoms with van der Waals surface area (Å²) < 4.78 is 9.93. The average Bonchev–Trinajstić information content (AvgIpc) is 2.85. The minimum atomic E-state index is -0.549. The van der Waals surface area contributed by atoms with Gasteiger partial charge in [0.15, 0.2) is 0 Å². The van der Waals surface area contributed by atoms with Crippen LogP contribution in [-0.2, 0) is 14.3 Å². The van der Waals surface area contributed by atoms with Gasteiger partial charge in [-0.25, -0.2) is 10.2 Å². The second-order valence-electron chi connectivity index (χ2n) is 6.83. The van der Waals surface area contributed by atoms with Gasteiger partial charge in [0.1, 0.15) is 18.1 Å². The van der Waals surface area contributed by atoms with Gasteiger partial charge in [-0.2, -0.15) is 5.12 Å². The van der Waals surface area contributed by atoms with Crippen LogP contribution in [0.1, 0.15) is 46.5 Å². The first-order valence-electron chi connectivity index (χ1n) is 7.96. The summed E-state index contributed by atoms with van der Waals surface area (Å²) in [6.45, 7) is 6.85. The maximum absolute atomic E-state index is 11.8. The number of hydrazone groups is 1. The van der Waals surface area contributed by atoms with Gasteiger partial charge in [0.25, 0.3) is 0 Å². The molecule has 0 bridgehead atoms. The number of carbonyl (C=O) groups excluding carboxylic acids is 2. The van der Waals surface area contributed by atoms with Crippen molar-refractivity contribution in [3.05, 3.63) is 0 Å². The lowest BCUT2D eigenvalue weighted by Crippen LogP contribution is -2.44. The molecule has 8 heteroatoms. The summed E-state index contributed by atoms with van der Waals surface area (Å²) in [5.74, 6) is 0.939. The number of amidine groups is 1. The average molecular weight is 326 g/mol. The fourth-order valence-corrected chi connectivity index (χ4v) is 2.77. The van der Waals surface area contributed by atoms with Crippen LogP contribution >= 0.6 is 0 Å². The number of fused-ring (bicyclic) bond motifs is 1. The Balaban J connectivity index is 1.92. The van der Waals surface area contributed by atoms with Crippen LogP contribution in [0.15, 0.2) is 5.10 Å². The summed E-state index contributed by atoms with van der Waals surface area (Å²) in [6.07, 6.45) is 2.61. The van der Waals surface area contributed by atoms with Crippen LogP contribution in [0, 0.1) is 5.92 Å². The molecule has 0 aliphatic carbocycles. The Bertz CT molecular complexity index is 486. The van der Waals surface area contributed by atoms with Gasteiger partial charge in [-0.05, 0) is 40.0 Å². The maximum atomic E-state index is 11.8. The Morgan fingerprint density at radius 3 is 2.78 bits per heavy atom. The highest BCUT2D eigenvalue weighted by molar-refractivity contribution is 5.86. The SMILES string of the molecule is COC(=O)CCC1CCCN2CN(NC(=O)OC(C)(C)C)N=C12. The van der Waals surface area contributed by atoms with E-state index in [1.165, 1.54) is 12.2 Å². The van der Waals surface area contributed by atoms with Gasteiger partial charge in [0.2, 0.25) is 0 Å². The lowest BCUT2D eigenvalue weighted by molar-refractivity contribution is -0.140. The molecule has 2 aliphatic rings. The number of esters is 1. The quantitative estimate of drug-likeness (QED) is 0.791. The number of amides is 1. The number of methoxy groups -OCH3 is 1. The molecule has 0 radical (unpaired) electrons. The van der Waals surface area contributed by atoms with E-state index in [1.807, 2.05) is 20.8 Å². The number of piperidine rings is 1. The standard InChI is InChI=1S/C15H26N4O4/c1-15(2,3)23-14(21)17-19-10-18-9-5-6-11(13(18)16-19)7-8-12(20)22-4/h11H,5-10H2,1-4H3,(H,17,21). The molecule has 1 atom stereocenters. The summed E-state index contributed by atoms with van der Waals surface area (Å²) in [5, 5.41) is 5.98. The summed E-state index contributed by atoms with van der Waals surface area (Å²) >= 11 is 0. The summed E-state index contributed by atoms with van der Waals surface area (Å²) in [7, 11) is 1.40. The molecule has 23 heavy (non-hydrogen) atoms. The molecule has 1 fully saturated rings. The van der Waals surface area contributed by atoms with Crippen LogP contribution in [0.5, 0.6) is 0 Å². The first kappa shape index (κ1) is 17.4. The Morgan fingerprint density at radius 1 is 1.39 bits per heavy atom. The van der Waals surface area contributed by atoms with Crippen LogP contribution < -0.4 is 5.43 Å². The third kappa shape index (κ3) is 5.01. The second-order valence-corrected chi connectivity index (χ2v) is 6.83. The molecule has 0 saturated carbocycles. The highest BCUT2D eigenvalue weighted by Crippen LogP contribution is 2.27. The van der Waals surface area contributed by atoms with Crippen molar-refractivity contribution in [3.8, 4) is 0 Å². The van der Waals surface area contributed by atoms with Crippen molar-refractivity contribution in [2.45, 2.75) is 52.1 Å². The molecule has 1 N–H and O–H groups in total. The molecule has 130 valence electrons. The molecule has 2 rings (SSSR count). The van der Waals surface area contributed by atoms with Crippen LogP contribution in [-0.4, -0.2) is 53.8 Å². The molecular weight excluding hydrogens is 300 g/mol. The van der Waals surface area contributed by atoms with Gasteiger partial charge in [-0.1, -0.05) is 0 Å². The molecular formula is C15H26N4O4. The number of carbonyl (C=O) groups is 2. The molecule has 2 aliphatic heterocycles. The highest BCUT2D eigenvalue weighted by atomic mass is 16.6. The van der Waals surface area contributed by atoms with Gasteiger partial charge in [-0.15, -0.1) is 5.10 Å². The van der Waals surface area contributed by atoms with Crippen molar-refractivity contribution in [2.24, 2.45) is 11.0 Å². The van der Waals surface area contributed by atoms with Crippen molar-refractivity contribution in [3.63, 3.8) is 0 Å². The molecule has 0 spiro atoms. The predicted octanol–water partition coefficient (Wildman–Crippen LogP) is 1.68. The number of nitrogens with one attached hydrogen (secondary N) is 1. The van der Waals surface area contributed by atoms with Crippen LogP contribution in [0.25, 0.3) is 0 Å². The number of hydrazine groups is 1. The van der Waals surface area contributed by atoms with Gasteiger partial charge < -0.3 is 14.4 Å². The predicted molar refractivity (Wildman–Crippen MR) is 84.2 cm³/mol. The van der Waals surface area contributed by atoms with Crippen molar-refractivity contribution < 1.29 is 19.1 Å². The summed E-state index contributed by atoms with van der Waals surface area (Å²) in [4.78, 5) is 25.3. The fourth-order valence-electron chi connectivity index (χ4n) is 2.77. The smallest absolute Gasteiger partial charge is 0.427 e. The fraction of sp³-hybridized carbons (Fsp3) is 0.800. The zero-order chi connectivity index (χ0) is 17.0. The zero-order valence-electron chi connectivity index (χ0n) is 14.3. The van der Waals surface area contributed by atoms with E-state index in [1.54, 1.807) is 0 Å². The second kappa shape index (κ2) is 7.06. The van der Waals surface area contributed by atoms with E-state index in [0.717, 1.165) is 25.2 Å². The number of rotatable bonds is 4. The van der Waals surface area contributed by atoms with Crippen molar-refractivity contribution in [2.75, 3.05) is 20.3 Å². The Kier molecular flexibility index (Phi) is 5.33. The molecule has 1 amide bonds. The Hall–Kier alpha value is -1.99. The molecule has 2 heterocycles. The summed E-state index contributed by atoms with van der Waals surface area (Å²) in [6, 6.07) is 0. The zero-order valence-corrected chi connectivity index (χ0v) is 14.3. The minimum absolute atomic E-state index is 0.204. The lowest BCUT2D eigenvalue weighted by Gasteiger charge is -2.30. The Morgan fingerprint density at radius 2 is 2.13 bits per heavy atom. The topological polar surface area (TPSA) is 83.5 Å². The molecule has 0 aromatic carbocycles. The summed E-state index contributed by atoms with van der Waals surface area (Å²) in [5.41, 5.74) is 2.09. The number of hydrogen-bond acceptors (Lipinski definition) is 7. The van der Waals surface area contributed by atoms with Gasteiger partial charge in [0.05, 0.1) is 7.11 Å². The van der Waals surface area contributed by atoms with Crippen molar-refractivity contribution in [1.29, 1.82) is 0 Å². The first-order chi connectivity index (χ1) is 10.8. The van der Waals surface area contributed by atoms with E-state index in [4.69, 9.17) is 9.47 Å². The van der Waals surface area contributed by atoms with Crippen LogP contribution in [0.3, 0.4) is 0 Å². The maximum Gasteiger partial charge on any atom is 0.427 e. The monoisotopic (exact) mass is 326 g/mol. The molecule has 1 saturated heterocycles. The normalized spacial score (nSPS) is 20.7. The van der Waals surface area contributed by atoms with E-state index >= 15 is 0 Å². The van der Waals surface area contributed by atoms with E-state index in [9.17, 15) is 9.59 Å². The Labute approximate surface area is 136 Å². The minimum Gasteiger partial charge on any atom is -0.469 e. The number of hydrogen-bond donors (Lipinski definition) is 1. The lowest BCUT2D eigenvalue weighted by atomic mass is 9.92. The highest BCUT2D eigenvalue weighted by Gasteiger charge is 2.34. The number of nitrogens with zero attached hydrogens (tertiary/aromatic N) is 3. The van der Waals surface area contributed by atoms with E-state index < -0.39 is 11.7 Å². The van der Waals surface area contributed by atoms with E-state index in [0.29, 0.717) is 19.5 Å². The molecule has 0 aromatic heterocycles. The van der Waals surface area contributed by atoms with Crippen molar-refractivity contribution in [1.82, 2.24) is 15.4 Å². The third-order valence-electron chi connectivity index (χ3n) is 3.74. The molecule has 1 unspecified atom stereocenters. The van der Waals surface area contributed by atoms with Gasteiger partial charge in [-0.3, -0.25) is 4.79 Å². The van der Waals surface area contributed by atoms with E-state index in [2.05, 4.69) is 15.4 Å². The van der Waals surface area contributed by atoms with Crippen molar-refractivity contribution >= 4 is 17.9 Å². The molecule has 0 aromatic rings. The van der Waals surface area contributed by atoms with E-state index in [-0.39, 0.29) is 11.9 Å².